The van der Waals surface area contributed by atoms with Crippen molar-refractivity contribution in [2.24, 2.45) is 17.8 Å². The summed E-state index contributed by atoms with van der Waals surface area (Å²) in [4.78, 5) is 0. The smallest absolute Gasteiger partial charge is 0.0232 e. The van der Waals surface area contributed by atoms with Gasteiger partial charge in [0.15, 0.2) is 0 Å². The van der Waals surface area contributed by atoms with Gasteiger partial charge in [0, 0.05) is 18.5 Å². The van der Waals surface area contributed by atoms with Gasteiger partial charge in [0.2, 0.25) is 0 Å². The van der Waals surface area contributed by atoms with E-state index >= 15 is 0 Å². The molecule has 1 aliphatic heterocycles. The second-order valence-electron chi connectivity index (χ2n) is 4.68. The highest BCUT2D eigenvalue weighted by Crippen LogP contribution is 2.34. The molecule has 0 aromatic carbocycles. The predicted molar refractivity (Wildman–Crippen MR) is 56.5 cm³/mol. The third-order valence-corrected chi connectivity index (χ3v) is 3.16. The Kier molecular flexibility index (Phi) is 2.29. The first-order chi connectivity index (χ1) is 6.18. The second-order valence-corrected chi connectivity index (χ2v) is 4.68. The van der Waals surface area contributed by atoms with Crippen LogP contribution in [0.4, 0.5) is 0 Å². The summed E-state index contributed by atoms with van der Waals surface area (Å²) in [5, 5.41) is 3.44. The standard InChI is InChI=1S/C12H19N/c1-8(2)12(11-7-13-11)10-5-4-9(3)6-10/h4-6,8,10-13H,7H2,1-3H3. The lowest BCUT2D eigenvalue weighted by molar-refractivity contribution is 0.329. The summed E-state index contributed by atoms with van der Waals surface area (Å²) in [5.41, 5.74) is 1.43. The maximum absolute atomic E-state index is 3.44. The molecule has 3 unspecified atom stereocenters. The van der Waals surface area contributed by atoms with E-state index in [2.05, 4.69) is 44.3 Å². The van der Waals surface area contributed by atoms with Crippen molar-refractivity contribution < 1.29 is 0 Å². The summed E-state index contributed by atoms with van der Waals surface area (Å²) < 4.78 is 0. The fourth-order valence-electron chi connectivity index (χ4n) is 2.43. The van der Waals surface area contributed by atoms with Crippen molar-refractivity contribution in [1.82, 2.24) is 5.32 Å². The summed E-state index contributed by atoms with van der Waals surface area (Å²) in [5.74, 6) is 2.26. The third kappa shape index (κ3) is 1.86. The molecule has 1 heterocycles. The van der Waals surface area contributed by atoms with Gasteiger partial charge in [-0.1, -0.05) is 37.6 Å². The minimum atomic E-state index is 0.681. The molecule has 1 fully saturated rings. The molecular weight excluding hydrogens is 158 g/mol. The van der Waals surface area contributed by atoms with Gasteiger partial charge < -0.3 is 5.32 Å². The molecule has 1 saturated heterocycles. The number of allylic oxidation sites excluding steroid dienone is 4. The van der Waals surface area contributed by atoms with E-state index in [1.54, 1.807) is 0 Å². The molecule has 3 atom stereocenters. The molecule has 0 aromatic rings. The van der Waals surface area contributed by atoms with Crippen LogP contribution < -0.4 is 5.32 Å². The largest absolute Gasteiger partial charge is 0.311 e. The molecule has 1 N–H and O–H groups in total. The molecular formula is C12H19N. The van der Waals surface area contributed by atoms with E-state index in [1.807, 2.05) is 0 Å². The third-order valence-electron chi connectivity index (χ3n) is 3.16. The lowest BCUT2D eigenvalue weighted by Gasteiger charge is -2.23. The van der Waals surface area contributed by atoms with Crippen molar-refractivity contribution in [2.45, 2.75) is 26.8 Å². The predicted octanol–water partition coefficient (Wildman–Crippen LogP) is 2.36. The van der Waals surface area contributed by atoms with Crippen molar-refractivity contribution in [1.29, 1.82) is 0 Å². The molecule has 1 aliphatic carbocycles. The molecule has 1 heteroatoms. The van der Waals surface area contributed by atoms with Crippen LogP contribution in [0.25, 0.3) is 0 Å². The zero-order valence-corrected chi connectivity index (χ0v) is 8.75. The Morgan fingerprint density at radius 3 is 2.54 bits per heavy atom. The van der Waals surface area contributed by atoms with Crippen LogP contribution in [0.3, 0.4) is 0 Å². The van der Waals surface area contributed by atoms with Crippen molar-refractivity contribution in [3.63, 3.8) is 0 Å². The van der Waals surface area contributed by atoms with E-state index in [0.717, 1.165) is 17.9 Å². The lowest BCUT2D eigenvalue weighted by Crippen LogP contribution is -2.24. The first kappa shape index (κ1) is 9.01. The van der Waals surface area contributed by atoms with Gasteiger partial charge in [-0.05, 0) is 18.8 Å². The maximum atomic E-state index is 3.44. The van der Waals surface area contributed by atoms with Gasteiger partial charge in [-0.3, -0.25) is 0 Å². The lowest BCUT2D eigenvalue weighted by atomic mass is 9.81. The first-order valence-corrected chi connectivity index (χ1v) is 5.28. The molecule has 0 aromatic heterocycles. The van der Waals surface area contributed by atoms with Crippen molar-refractivity contribution in [3.05, 3.63) is 23.8 Å². The van der Waals surface area contributed by atoms with Gasteiger partial charge in [0.05, 0.1) is 0 Å². The zero-order valence-electron chi connectivity index (χ0n) is 8.75. The van der Waals surface area contributed by atoms with Gasteiger partial charge in [0.25, 0.3) is 0 Å². The topological polar surface area (TPSA) is 21.9 Å². The summed E-state index contributed by atoms with van der Waals surface area (Å²) >= 11 is 0. The number of hydrogen-bond donors (Lipinski definition) is 1. The molecule has 0 amide bonds. The van der Waals surface area contributed by atoms with Crippen LogP contribution in [0.5, 0.6) is 0 Å². The summed E-state index contributed by atoms with van der Waals surface area (Å²) in [6, 6.07) is 0.775. The average molecular weight is 177 g/mol. The second kappa shape index (κ2) is 3.30. The zero-order chi connectivity index (χ0) is 9.42. The van der Waals surface area contributed by atoms with Gasteiger partial charge in [-0.2, -0.15) is 0 Å². The van der Waals surface area contributed by atoms with E-state index < -0.39 is 0 Å². The van der Waals surface area contributed by atoms with E-state index in [9.17, 15) is 0 Å². The molecule has 13 heavy (non-hydrogen) atoms. The SMILES string of the molecule is CC1=CC(C(C(C)C)C2CN2)C=C1. The fourth-order valence-corrected chi connectivity index (χ4v) is 2.43. The van der Waals surface area contributed by atoms with E-state index in [-0.39, 0.29) is 0 Å². The normalized spacial score (nSPS) is 33.7. The molecule has 2 rings (SSSR count). The Hall–Kier alpha value is -0.560. The summed E-state index contributed by atoms with van der Waals surface area (Å²) in [6.45, 7) is 8.08. The van der Waals surface area contributed by atoms with Crippen LogP contribution in [-0.4, -0.2) is 12.6 Å². The minimum Gasteiger partial charge on any atom is -0.311 e. The molecule has 0 bridgehead atoms. The Labute approximate surface area is 80.9 Å². The Balaban J connectivity index is 2.08. The quantitative estimate of drug-likeness (QED) is 0.657. The van der Waals surface area contributed by atoms with Crippen LogP contribution in [0.1, 0.15) is 20.8 Å². The number of hydrogen-bond acceptors (Lipinski definition) is 1. The Bertz CT molecular complexity index is 244. The molecule has 0 saturated carbocycles. The van der Waals surface area contributed by atoms with Crippen LogP contribution in [0.15, 0.2) is 23.8 Å². The van der Waals surface area contributed by atoms with Gasteiger partial charge >= 0.3 is 0 Å². The molecule has 1 nitrogen and oxygen atoms in total. The van der Waals surface area contributed by atoms with Crippen molar-refractivity contribution in [3.8, 4) is 0 Å². The average Bonchev–Trinajstić information content (AvgIpc) is 2.76. The molecule has 2 aliphatic rings. The molecule has 0 spiro atoms. The number of rotatable bonds is 3. The van der Waals surface area contributed by atoms with E-state index in [4.69, 9.17) is 0 Å². The Morgan fingerprint density at radius 1 is 1.46 bits per heavy atom. The van der Waals surface area contributed by atoms with Gasteiger partial charge in [-0.25, -0.2) is 0 Å². The van der Waals surface area contributed by atoms with Crippen LogP contribution in [0.2, 0.25) is 0 Å². The summed E-state index contributed by atoms with van der Waals surface area (Å²) in [7, 11) is 0. The monoisotopic (exact) mass is 177 g/mol. The van der Waals surface area contributed by atoms with Crippen molar-refractivity contribution in [2.75, 3.05) is 6.54 Å². The highest BCUT2D eigenvalue weighted by atomic mass is 15.1. The fraction of sp³-hybridized carbons (Fsp3) is 0.667. The van der Waals surface area contributed by atoms with Crippen molar-refractivity contribution >= 4 is 0 Å². The Morgan fingerprint density at radius 2 is 2.15 bits per heavy atom. The highest BCUT2D eigenvalue weighted by molar-refractivity contribution is 5.28. The van der Waals surface area contributed by atoms with Gasteiger partial charge in [0.1, 0.15) is 0 Å². The van der Waals surface area contributed by atoms with Crippen LogP contribution in [0, 0.1) is 17.8 Å². The van der Waals surface area contributed by atoms with Crippen LogP contribution >= 0.6 is 0 Å². The molecule has 0 radical (unpaired) electrons. The van der Waals surface area contributed by atoms with E-state index in [1.165, 1.54) is 12.1 Å². The maximum Gasteiger partial charge on any atom is 0.0232 e. The number of nitrogens with one attached hydrogen (secondary N) is 1. The highest BCUT2D eigenvalue weighted by Gasteiger charge is 2.36. The summed E-state index contributed by atoms with van der Waals surface area (Å²) in [6.07, 6.45) is 7.02. The minimum absolute atomic E-state index is 0.681. The van der Waals surface area contributed by atoms with Crippen LogP contribution in [-0.2, 0) is 0 Å². The molecule has 72 valence electrons. The van der Waals surface area contributed by atoms with E-state index in [0.29, 0.717) is 5.92 Å². The van der Waals surface area contributed by atoms with Gasteiger partial charge in [-0.15, -0.1) is 0 Å². The first-order valence-electron chi connectivity index (χ1n) is 5.28.